The van der Waals surface area contributed by atoms with Crippen LogP contribution in [0.4, 0.5) is 11.4 Å². The van der Waals surface area contributed by atoms with E-state index in [1.807, 2.05) is 37.2 Å². The zero-order chi connectivity index (χ0) is 20.4. The summed E-state index contributed by atoms with van der Waals surface area (Å²) in [4.78, 5) is 29.4. The van der Waals surface area contributed by atoms with Gasteiger partial charge in [0.1, 0.15) is 0 Å². The Kier molecular flexibility index (Phi) is 6.09. The molecule has 4 rings (SSSR count). The molecule has 1 aromatic carbocycles. The van der Waals surface area contributed by atoms with Gasteiger partial charge in [-0.2, -0.15) is 0 Å². The SMILES string of the molecule is CN(C)c1ccc(NC(=O)C2CCC2)cc1CN(C[C@H]1CCCO1)C(=O)C1CC1. The van der Waals surface area contributed by atoms with E-state index >= 15 is 0 Å². The van der Waals surface area contributed by atoms with Gasteiger partial charge in [0.25, 0.3) is 0 Å². The number of amides is 2. The first kappa shape index (κ1) is 20.2. The van der Waals surface area contributed by atoms with Crippen LogP contribution in [-0.2, 0) is 20.9 Å². The average Bonchev–Trinajstić information content (AvgIpc) is 3.36. The molecule has 1 atom stereocenters. The number of nitrogens with zero attached hydrogens (tertiary/aromatic N) is 2. The monoisotopic (exact) mass is 399 g/mol. The molecule has 0 aromatic heterocycles. The van der Waals surface area contributed by atoms with E-state index in [0.29, 0.717) is 13.1 Å². The molecule has 1 heterocycles. The van der Waals surface area contributed by atoms with Gasteiger partial charge in [0.05, 0.1) is 6.10 Å². The Morgan fingerprint density at radius 2 is 1.86 bits per heavy atom. The molecule has 0 radical (unpaired) electrons. The quantitative estimate of drug-likeness (QED) is 0.728. The summed E-state index contributed by atoms with van der Waals surface area (Å²) in [5, 5.41) is 3.08. The molecule has 1 N–H and O–H groups in total. The van der Waals surface area contributed by atoms with Crippen molar-refractivity contribution in [1.82, 2.24) is 4.90 Å². The summed E-state index contributed by atoms with van der Waals surface area (Å²) in [5.41, 5.74) is 2.96. The second-order valence-corrected chi connectivity index (χ2v) is 8.98. The number of carbonyl (C=O) groups excluding carboxylic acids is 2. The van der Waals surface area contributed by atoms with Gasteiger partial charge in [-0.3, -0.25) is 9.59 Å². The maximum absolute atomic E-state index is 13.0. The van der Waals surface area contributed by atoms with Crippen molar-refractivity contribution in [3.8, 4) is 0 Å². The van der Waals surface area contributed by atoms with E-state index < -0.39 is 0 Å². The van der Waals surface area contributed by atoms with Gasteiger partial charge in [-0.15, -0.1) is 0 Å². The standard InChI is InChI=1S/C23H33N3O3/c1-25(2)21-11-10-19(24-22(27)16-5-3-6-16)13-18(21)14-26(23(28)17-8-9-17)15-20-7-4-12-29-20/h10-11,13,16-17,20H,3-9,12,14-15H2,1-2H3,(H,24,27)/t20-/m1/s1. The Hall–Kier alpha value is -2.08. The van der Waals surface area contributed by atoms with Crippen molar-refractivity contribution in [2.45, 2.75) is 57.6 Å². The lowest BCUT2D eigenvalue weighted by Gasteiger charge is -2.28. The van der Waals surface area contributed by atoms with Gasteiger partial charge in [0.2, 0.25) is 11.8 Å². The van der Waals surface area contributed by atoms with Gasteiger partial charge in [0.15, 0.2) is 0 Å². The molecular formula is C23H33N3O3. The van der Waals surface area contributed by atoms with E-state index in [-0.39, 0.29) is 29.8 Å². The van der Waals surface area contributed by atoms with E-state index in [2.05, 4.69) is 10.2 Å². The number of anilines is 2. The molecular weight excluding hydrogens is 366 g/mol. The van der Waals surface area contributed by atoms with Gasteiger partial charge in [-0.1, -0.05) is 6.42 Å². The van der Waals surface area contributed by atoms with Crippen LogP contribution in [0.1, 0.15) is 50.5 Å². The fraction of sp³-hybridized carbons (Fsp3) is 0.652. The third kappa shape index (κ3) is 4.92. The molecule has 1 aromatic rings. The number of hydrogen-bond donors (Lipinski definition) is 1. The summed E-state index contributed by atoms with van der Waals surface area (Å²) in [6.07, 6.45) is 7.34. The fourth-order valence-electron chi connectivity index (χ4n) is 4.20. The van der Waals surface area contributed by atoms with Crippen LogP contribution in [0.15, 0.2) is 18.2 Å². The van der Waals surface area contributed by atoms with Crippen molar-refractivity contribution in [2.24, 2.45) is 11.8 Å². The predicted molar refractivity (Wildman–Crippen MR) is 114 cm³/mol. The Bertz CT molecular complexity index is 750. The summed E-state index contributed by atoms with van der Waals surface area (Å²) in [5.74, 6) is 0.694. The Labute approximate surface area is 173 Å². The molecule has 2 saturated carbocycles. The topological polar surface area (TPSA) is 61.9 Å². The smallest absolute Gasteiger partial charge is 0.227 e. The van der Waals surface area contributed by atoms with Crippen molar-refractivity contribution in [2.75, 3.05) is 37.5 Å². The van der Waals surface area contributed by atoms with Gasteiger partial charge < -0.3 is 19.9 Å². The first-order chi connectivity index (χ1) is 14.0. The van der Waals surface area contributed by atoms with Crippen LogP contribution in [0.3, 0.4) is 0 Å². The molecule has 2 amide bonds. The lowest BCUT2D eigenvalue weighted by Crippen LogP contribution is -2.38. The molecule has 3 aliphatic rings. The number of rotatable bonds is 8. The van der Waals surface area contributed by atoms with Crippen molar-refractivity contribution < 1.29 is 14.3 Å². The highest BCUT2D eigenvalue weighted by atomic mass is 16.5. The van der Waals surface area contributed by atoms with Crippen molar-refractivity contribution in [1.29, 1.82) is 0 Å². The Balaban J connectivity index is 1.52. The van der Waals surface area contributed by atoms with Crippen LogP contribution in [0.2, 0.25) is 0 Å². The van der Waals surface area contributed by atoms with Crippen LogP contribution >= 0.6 is 0 Å². The minimum Gasteiger partial charge on any atom is -0.377 e. The van der Waals surface area contributed by atoms with Crippen LogP contribution in [-0.4, -0.2) is 50.1 Å². The molecule has 6 heteroatoms. The van der Waals surface area contributed by atoms with Gasteiger partial charge in [-0.05, 0) is 62.3 Å². The highest BCUT2D eigenvalue weighted by Crippen LogP contribution is 2.34. The zero-order valence-electron chi connectivity index (χ0n) is 17.7. The number of benzene rings is 1. The van der Waals surface area contributed by atoms with Gasteiger partial charge >= 0.3 is 0 Å². The van der Waals surface area contributed by atoms with E-state index in [4.69, 9.17) is 4.74 Å². The van der Waals surface area contributed by atoms with E-state index in [1.165, 1.54) is 0 Å². The van der Waals surface area contributed by atoms with Crippen LogP contribution in [0.25, 0.3) is 0 Å². The molecule has 29 heavy (non-hydrogen) atoms. The number of carbonyl (C=O) groups is 2. The third-order valence-corrected chi connectivity index (χ3v) is 6.35. The largest absolute Gasteiger partial charge is 0.377 e. The predicted octanol–water partition coefficient (Wildman–Crippen LogP) is 3.41. The zero-order valence-corrected chi connectivity index (χ0v) is 17.7. The minimum absolute atomic E-state index is 0.116. The Morgan fingerprint density at radius 3 is 2.45 bits per heavy atom. The molecule has 158 valence electrons. The lowest BCUT2D eigenvalue weighted by molar-refractivity contribution is -0.134. The molecule has 3 fully saturated rings. The number of nitrogens with one attached hydrogen (secondary N) is 1. The lowest BCUT2D eigenvalue weighted by atomic mass is 9.85. The normalized spacial score (nSPS) is 21.5. The second-order valence-electron chi connectivity index (χ2n) is 8.98. The number of hydrogen-bond acceptors (Lipinski definition) is 4. The first-order valence-corrected chi connectivity index (χ1v) is 11.0. The first-order valence-electron chi connectivity index (χ1n) is 11.0. The molecule has 0 unspecified atom stereocenters. The average molecular weight is 400 g/mol. The molecule has 6 nitrogen and oxygen atoms in total. The summed E-state index contributed by atoms with van der Waals surface area (Å²) < 4.78 is 5.81. The van der Waals surface area contributed by atoms with Gasteiger partial charge in [-0.25, -0.2) is 0 Å². The van der Waals surface area contributed by atoms with Crippen LogP contribution in [0.5, 0.6) is 0 Å². The van der Waals surface area contributed by atoms with Crippen LogP contribution in [0, 0.1) is 11.8 Å². The number of ether oxygens (including phenoxy) is 1. The summed E-state index contributed by atoms with van der Waals surface area (Å²) in [7, 11) is 4.02. The van der Waals surface area contributed by atoms with Crippen LogP contribution < -0.4 is 10.2 Å². The molecule has 0 bridgehead atoms. The maximum Gasteiger partial charge on any atom is 0.227 e. The molecule has 2 aliphatic carbocycles. The van der Waals surface area contributed by atoms with Gasteiger partial charge in [0, 0.05) is 57.0 Å². The fourth-order valence-corrected chi connectivity index (χ4v) is 4.20. The van der Waals surface area contributed by atoms with E-state index in [1.54, 1.807) is 0 Å². The van der Waals surface area contributed by atoms with E-state index in [0.717, 1.165) is 68.5 Å². The summed E-state index contributed by atoms with van der Waals surface area (Å²) in [6, 6.07) is 6.04. The highest BCUT2D eigenvalue weighted by Gasteiger charge is 2.35. The van der Waals surface area contributed by atoms with E-state index in [9.17, 15) is 9.59 Å². The molecule has 1 saturated heterocycles. The Morgan fingerprint density at radius 1 is 1.07 bits per heavy atom. The van der Waals surface area contributed by atoms with Crippen molar-refractivity contribution >= 4 is 23.2 Å². The third-order valence-electron chi connectivity index (χ3n) is 6.35. The van der Waals surface area contributed by atoms with Crippen molar-refractivity contribution in [3.63, 3.8) is 0 Å². The molecule has 0 spiro atoms. The second kappa shape index (κ2) is 8.74. The minimum atomic E-state index is 0.116. The summed E-state index contributed by atoms with van der Waals surface area (Å²) in [6.45, 7) is 2.00. The van der Waals surface area contributed by atoms with Crippen molar-refractivity contribution in [3.05, 3.63) is 23.8 Å². The maximum atomic E-state index is 13.0. The summed E-state index contributed by atoms with van der Waals surface area (Å²) >= 11 is 0. The molecule has 1 aliphatic heterocycles. The highest BCUT2D eigenvalue weighted by molar-refractivity contribution is 5.93.